The van der Waals surface area contributed by atoms with Gasteiger partial charge in [-0.2, -0.15) is 0 Å². The lowest BCUT2D eigenvalue weighted by molar-refractivity contribution is 0.118. The number of hydrogen-bond acceptors (Lipinski definition) is 2. The van der Waals surface area contributed by atoms with E-state index >= 15 is 0 Å². The summed E-state index contributed by atoms with van der Waals surface area (Å²) in [6, 6.07) is 5.44. The standard InChI is InChI=1S/C13H17ClO2/c1-16-10-5-6-11(12(14)8-10)13(15)7-9-3-2-4-9/h5-6,8-9,13,15H,2-4,7H2,1H3. The second kappa shape index (κ2) is 5.07. The zero-order valence-electron chi connectivity index (χ0n) is 9.45. The van der Waals surface area contributed by atoms with E-state index in [2.05, 4.69) is 0 Å². The Balaban J connectivity index is 2.06. The monoisotopic (exact) mass is 240 g/mol. The van der Waals surface area contributed by atoms with Gasteiger partial charge in [-0.3, -0.25) is 0 Å². The molecule has 0 aromatic heterocycles. The normalized spacial score (nSPS) is 17.9. The average Bonchev–Trinajstić information content (AvgIpc) is 2.23. The Morgan fingerprint density at radius 1 is 1.50 bits per heavy atom. The quantitative estimate of drug-likeness (QED) is 0.872. The topological polar surface area (TPSA) is 29.5 Å². The Kier molecular flexibility index (Phi) is 3.72. The number of aliphatic hydroxyl groups is 1. The summed E-state index contributed by atoms with van der Waals surface area (Å²) in [5.74, 6) is 1.40. The van der Waals surface area contributed by atoms with Gasteiger partial charge >= 0.3 is 0 Å². The van der Waals surface area contributed by atoms with Gasteiger partial charge in [0.05, 0.1) is 18.2 Å². The Bertz CT molecular complexity index is 361. The largest absolute Gasteiger partial charge is 0.497 e. The SMILES string of the molecule is COc1ccc(C(O)CC2CCC2)c(Cl)c1. The lowest BCUT2D eigenvalue weighted by Gasteiger charge is -2.28. The van der Waals surface area contributed by atoms with Crippen molar-refractivity contribution in [2.45, 2.75) is 31.8 Å². The van der Waals surface area contributed by atoms with Crippen molar-refractivity contribution in [3.63, 3.8) is 0 Å². The second-order valence-electron chi connectivity index (χ2n) is 4.44. The van der Waals surface area contributed by atoms with Gasteiger partial charge in [0.1, 0.15) is 5.75 Å². The van der Waals surface area contributed by atoms with Crippen LogP contribution < -0.4 is 4.74 Å². The molecule has 0 radical (unpaired) electrons. The van der Waals surface area contributed by atoms with Crippen LogP contribution in [-0.2, 0) is 0 Å². The first-order chi connectivity index (χ1) is 7.70. The van der Waals surface area contributed by atoms with Gasteiger partial charge < -0.3 is 9.84 Å². The first-order valence-electron chi connectivity index (χ1n) is 5.72. The number of hydrogen-bond donors (Lipinski definition) is 1. The Morgan fingerprint density at radius 3 is 2.75 bits per heavy atom. The molecule has 0 heterocycles. The molecule has 0 aliphatic heterocycles. The molecule has 1 unspecified atom stereocenters. The van der Waals surface area contributed by atoms with Gasteiger partial charge in [-0.1, -0.05) is 36.9 Å². The summed E-state index contributed by atoms with van der Waals surface area (Å²) in [7, 11) is 1.61. The van der Waals surface area contributed by atoms with E-state index in [4.69, 9.17) is 16.3 Å². The van der Waals surface area contributed by atoms with Gasteiger partial charge in [-0.15, -0.1) is 0 Å². The summed E-state index contributed by atoms with van der Waals surface area (Å²) in [6.07, 6.45) is 4.17. The number of rotatable bonds is 4. The molecule has 1 aliphatic rings. The maximum Gasteiger partial charge on any atom is 0.120 e. The molecule has 0 spiro atoms. The van der Waals surface area contributed by atoms with Gasteiger partial charge in [-0.05, 0) is 30.0 Å². The van der Waals surface area contributed by atoms with Crippen LogP contribution in [0.25, 0.3) is 0 Å². The third-order valence-corrected chi connectivity index (χ3v) is 3.68. The molecule has 2 nitrogen and oxygen atoms in total. The van der Waals surface area contributed by atoms with E-state index in [1.165, 1.54) is 19.3 Å². The molecule has 0 saturated heterocycles. The van der Waals surface area contributed by atoms with Crippen molar-refractivity contribution in [3.8, 4) is 5.75 Å². The van der Waals surface area contributed by atoms with E-state index < -0.39 is 6.10 Å². The van der Waals surface area contributed by atoms with Gasteiger partial charge in [0.15, 0.2) is 0 Å². The molecule has 1 aromatic rings. The summed E-state index contributed by atoms with van der Waals surface area (Å²) in [5, 5.41) is 10.7. The van der Waals surface area contributed by atoms with Gasteiger partial charge in [0.25, 0.3) is 0 Å². The molecule has 1 saturated carbocycles. The summed E-state index contributed by atoms with van der Waals surface area (Å²) < 4.78 is 5.08. The third kappa shape index (κ3) is 2.50. The van der Waals surface area contributed by atoms with Crippen LogP contribution >= 0.6 is 11.6 Å². The zero-order valence-corrected chi connectivity index (χ0v) is 10.2. The number of benzene rings is 1. The zero-order chi connectivity index (χ0) is 11.5. The van der Waals surface area contributed by atoms with Crippen LogP contribution in [0.15, 0.2) is 18.2 Å². The van der Waals surface area contributed by atoms with Gasteiger partial charge in [0.2, 0.25) is 0 Å². The maximum absolute atomic E-state index is 10.1. The van der Waals surface area contributed by atoms with Crippen molar-refractivity contribution in [1.82, 2.24) is 0 Å². The van der Waals surface area contributed by atoms with Crippen LogP contribution in [0, 0.1) is 5.92 Å². The van der Waals surface area contributed by atoms with E-state index in [1.54, 1.807) is 13.2 Å². The molecule has 88 valence electrons. The minimum absolute atomic E-state index is 0.441. The van der Waals surface area contributed by atoms with Crippen molar-refractivity contribution in [2.75, 3.05) is 7.11 Å². The van der Waals surface area contributed by atoms with Crippen LogP contribution in [0.1, 0.15) is 37.4 Å². The van der Waals surface area contributed by atoms with Gasteiger partial charge in [-0.25, -0.2) is 0 Å². The Hall–Kier alpha value is -0.730. The lowest BCUT2D eigenvalue weighted by Crippen LogP contribution is -2.15. The van der Waals surface area contributed by atoms with Gasteiger partial charge in [0, 0.05) is 0 Å². The predicted molar refractivity (Wildman–Crippen MR) is 64.9 cm³/mol. The highest BCUT2D eigenvalue weighted by atomic mass is 35.5. The highest BCUT2D eigenvalue weighted by Crippen LogP contribution is 2.37. The van der Waals surface area contributed by atoms with Crippen molar-refractivity contribution >= 4 is 11.6 Å². The molecular weight excluding hydrogens is 224 g/mol. The van der Waals surface area contributed by atoms with E-state index in [0.717, 1.165) is 17.7 Å². The number of aliphatic hydroxyl groups excluding tert-OH is 1. The first kappa shape index (κ1) is 11.7. The highest BCUT2D eigenvalue weighted by Gasteiger charge is 2.22. The Morgan fingerprint density at radius 2 is 2.25 bits per heavy atom. The molecule has 3 heteroatoms. The van der Waals surface area contributed by atoms with Crippen LogP contribution in [-0.4, -0.2) is 12.2 Å². The minimum atomic E-state index is -0.441. The number of halogens is 1. The molecule has 1 aromatic carbocycles. The molecule has 1 fully saturated rings. The second-order valence-corrected chi connectivity index (χ2v) is 4.84. The third-order valence-electron chi connectivity index (χ3n) is 3.35. The lowest BCUT2D eigenvalue weighted by atomic mass is 9.80. The fourth-order valence-electron chi connectivity index (χ4n) is 2.08. The maximum atomic E-state index is 10.1. The summed E-state index contributed by atoms with van der Waals surface area (Å²) in [5.41, 5.74) is 0.814. The smallest absolute Gasteiger partial charge is 0.120 e. The van der Waals surface area contributed by atoms with E-state index in [0.29, 0.717) is 10.9 Å². The molecule has 1 N–H and O–H groups in total. The molecule has 0 bridgehead atoms. The molecule has 2 rings (SSSR count). The van der Waals surface area contributed by atoms with Crippen LogP contribution in [0.4, 0.5) is 0 Å². The minimum Gasteiger partial charge on any atom is -0.497 e. The van der Waals surface area contributed by atoms with Crippen LogP contribution in [0.2, 0.25) is 5.02 Å². The fraction of sp³-hybridized carbons (Fsp3) is 0.538. The molecule has 0 amide bonds. The molecular formula is C13H17ClO2. The van der Waals surface area contributed by atoms with E-state index in [1.807, 2.05) is 12.1 Å². The van der Waals surface area contributed by atoms with Crippen molar-refractivity contribution in [2.24, 2.45) is 5.92 Å². The highest BCUT2D eigenvalue weighted by molar-refractivity contribution is 6.31. The van der Waals surface area contributed by atoms with Crippen molar-refractivity contribution in [1.29, 1.82) is 0 Å². The number of ether oxygens (including phenoxy) is 1. The van der Waals surface area contributed by atoms with E-state index in [9.17, 15) is 5.11 Å². The van der Waals surface area contributed by atoms with Crippen molar-refractivity contribution < 1.29 is 9.84 Å². The van der Waals surface area contributed by atoms with Crippen molar-refractivity contribution in [3.05, 3.63) is 28.8 Å². The summed E-state index contributed by atoms with van der Waals surface area (Å²) in [6.45, 7) is 0. The Labute approximate surface area is 101 Å². The average molecular weight is 241 g/mol. The van der Waals surface area contributed by atoms with Crippen LogP contribution in [0.3, 0.4) is 0 Å². The molecule has 16 heavy (non-hydrogen) atoms. The molecule has 1 aliphatic carbocycles. The van der Waals surface area contributed by atoms with Crippen LogP contribution in [0.5, 0.6) is 5.75 Å². The first-order valence-corrected chi connectivity index (χ1v) is 6.10. The van der Waals surface area contributed by atoms with E-state index in [-0.39, 0.29) is 0 Å². The fourth-order valence-corrected chi connectivity index (χ4v) is 2.37. The number of methoxy groups -OCH3 is 1. The molecule has 1 atom stereocenters. The predicted octanol–water partition coefficient (Wildman–Crippen LogP) is 3.57. The summed E-state index contributed by atoms with van der Waals surface area (Å²) >= 11 is 6.11. The summed E-state index contributed by atoms with van der Waals surface area (Å²) in [4.78, 5) is 0.